The monoisotopic (exact) mass is 168 g/mol. The highest BCUT2D eigenvalue weighted by atomic mass is 32.1. The molecule has 0 saturated heterocycles. The van der Waals surface area contributed by atoms with E-state index in [2.05, 4.69) is 12.6 Å². The molecule has 3 heteroatoms. The van der Waals surface area contributed by atoms with Gasteiger partial charge in [0.15, 0.2) is 0 Å². The molecule has 0 aliphatic carbocycles. The molecule has 11 heavy (non-hydrogen) atoms. The molecule has 1 atom stereocenters. The lowest BCUT2D eigenvalue weighted by molar-refractivity contribution is -0.118. The van der Waals surface area contributed by atoms with Crippen molar-refractivity contribution in [2.45, 2.75) is 6.10 Å². The van der Waals surface area contributed by atoms with Gasteiger partial charge in [-0.3, -0.25) is 4.79 Å². The van der Waals surface area contributed by atoms with Crippen molar-refractivity contribution in [3.63, 3.8) is 0 Å². The van der Waals surface area contributed by atoms with Crippen LogP contribution in [0.2, 0.25) is 0 Å². The van der Waals surface area contributed by atoms with Crippen molar-refractivity contribution < 1.29 is 9.90 Å². The molecule has 0 radical (unpaired) electrons. The van der Waals surface area contributed by atoms with Crippen LogP contribution in [-0.2, 0) is 4.79 Å². The molecule has 0 spiro atoms. The van der Waals surface area contributed by atoms with E-state index in [1.807, 2.05) is 6.07 Å². The van der Waals surface area contributed by atoms with Gasteiger partial charge in [0.2, 0.25) is 5.12 Å². The summed E-state index contributed by atoms with van der Waals surface area (Å²) in [7, 11) is 0. The Hall–Kier alpha value is -0.800. The summed E-state index contributed by atoms with van der Waals surface area (Å²) in [6, 6.07) is 8.70. The standard InChI is InChI=1S/C8H8O2S/c9-7(8(10)11)6-4-2-1-3-5-6/h1-5,7,9H,(H,10,11). The van der Waals surface area contributed by atoms with Gasteiger partial charge < -0.3 is 5.11 Å². The van der Waals surface area contributed by atoms with Crippen molar-refractivity contribution >= 4 is 17.7 Å². The van der Waals surface area contributed by atoms with Gasteiger partial charge in [0.25, 0.3) is 0 Å². The van der Waals surface area contributed by atoms with Gasteiger partial charge in [0.1, 0.15) is 6.10 Å². The van der Waals surface area contributed by atoms with Crippen LogP contribution in [0.25, 0.3) is 0 Å². The Bertz CT molecular complexity index is 246. The van der Waals surface area contributed by atoms with Crippen molar-refractivity contribution in [1.29, 1.82) is 0 Å². The molecule has 0 aliphatic heterocycles. The second-order valence-corrected chi connectivity index (χ2v) is 2.59. The molecule has 1 unspecified atom stereocenters. The molecule has 0 fully saturated rings. The van der Waals surface area contributed by atoms with Gasteiger partial charge in [0, 0.05) is 0 Å². The van der Waals surface area contributed by atoms with Crippen LogP contribution in [0, 0.1) is 0 Å². The predicted molar refractivity (Wildman–Crippen MR) is 45.4 cm³/mol. The summed E-state index contributed by atoms with van der Waals surface area (Å²) in [4.78, 5) is 10.6. The van der Waals surface area contributed by atoms with Crippen molar-refractivity contribution in [2.24, 2.45) is 0 Å². The Balaban J connectivity index is 2.85. The zero-order valence-corrected chi connectivity index (χ0v) is 6.66. The maximum Gasteiger partial charge on any atom is 0.218 e. The van der Waals surface area contributed by atoms with E-state index in [4.69, 9.17) is 0 Å². The Labute approximate surface area is 70.3 Å². The minimum absolute atomic E-state index is 0.531. The van der Waals surface area contributed by atoms with Crippen molar-refractivity contribution in [3.05, 3.63) is 35.9 Å². The third-order valence-corrected chi connectivity index (χ3v) is 1.59. The third kappa shape index (κ3) is 2.06. The number of rotatable bonds is 2. The van der Waals surface area contributed by atoms with E-state index < -0.39 is 11.2 Å². The molecule has 1 aromatic rings. The molecule has 1 N–H and O–H groups in total. The highest BCUT2D eigenvalue weighted by Crippen LogP contribution is 2.13. The SMILES string of the molecule is O=C(S)C(O)c1ccccc1. The van der Waals surface area contributed by atoms with Crippen LogP contribution >= 0.6 is 12.6 Å². The maximum atomic E-state index is 10.6. The fourth-order valence-corrected chi connectivity index (χ4v) is 0.927. The molecule has 0 aromatic heterocycles. The molecule has 0 amide bonds. The summed E-state index contributed by atoms with van der Waals surface area (Å²) >= 11 is 3.52. The zero-order valence-electron chi connectivity index (χ0n) is 5.77. The average molecular weight is 168 g/mol. The van der Waals surface area contributed by atoms with Gasteiger partial charge in [-0.25, -0.2) is 0 Å². The Morgan fingerprint density at radius 1 is 1.36 bits per heavy atom. The van der Waals surface area contributed by atoms with Gasteiger partial charge in [-0.05, 0) is 5.56 Å². The maximum absolute atomic E-state index is 10.6. The first kappa shape index (κ1) is 8.30. The first-order valence-electron chi connectivity index (χ1n) is 3.17. The van der Waals surface area contributed by atoms with Gasteiger partial charge in [-0.15, -0.1) is 12.6 Å². The molecule has 0 heterocycles. The van der Waals surface area contributed by atoms with Gasteiger partial charge >= 0.3 is 0 Å². The fraction of sp³-hybridized carbons (Fsp3) is 0.125. The van der Waals surface area contributed by atoms with Crippen LogP contribution < -0.4 is 0 Å². The summed E-state index contributed by atoms with van der Waals surface area (Å²) in [5.74, 6) is 0. The van der Waals surface area contributed by atoms with E-state index in [-0.39, 0.29) is 0 Å². The summed E-state index contributed by atoms with van der Waals surface area (Å²) in [6.07, 6.45) is -1.10. The molecule has 0 aliphatic rings. The second-order valence-electron chi connectivity index (χ2n) is 2.15. The quantitative estimate of drug-likeness (QED) is 0.650. The van der Waals surface area contributed by atoms with Gasteiger partial charge in [-0.1, -0.05) is 30.3 Å². The molecular weight excluding hydrogens is 160 g/mol. The second kappa shape index (κ2) is 3.55. The molecule has 58 valence electrons. The highest BCUT2D eigenvalue weighted by molar-refractivity contribution is 7.96. The van der Waals surface area contributed by atoms with Crippen LogP contribution in [0.4, 0.5) is 0 Å². The lowest BCUT2D eigenvalue weighted by atomic mass is 10.1. The van der Waals surface area contributed by atoms with Crippen LogP contribution in [-0.4, -0.2) is 10.2 Å². The molecular formula is C8H8O2S. The first-order chi connectivity index (χ1) is 5.22. The Morgan fingerprint density at radius 2 is 1.91 bits per heavy atom. The van der Waals surface area contributed by atoms with E-state index in [1.165, 1.54) is 0 Å². The summed E-state index contributed by atoms with van der Waals surface area (Å²) < 4.78 is 0. The molecule has 0 saturated carbocycles. The molecule has 1 rings (SSSR count). The van der Waals surface area contributed by atoms with E-state index in [0.29, 0.717) is 5.56 Å². The van der Waals surface area contributed by atoms with Crippen molar-refractivity contribution in [1.82, 2.24) is 0 Å². The number of thiol groups is 1. The van der Waals surface area contributed by atoms with Crippen LogP contribution in [0.1, 0.15) is 11.7 Å². The van der Waals surface area contributed by atoms with Crippen molar-refractivity contribution in [2.75, 3.05) is 0 Å². The smallest absolute Gasteiger partial charge is 0.218 e. The lowest BCUT2D eigenvalue weighted by Crippen LogP contribution is -2.04. The largest absolute Gasteiger partial charge is 0.380 e. The molecule has 0 bridgehead atoms. The number of benzene rings is 1. The van der Waals surface area contributed by atoms with Gasteiger partial charge in [0.05, 0.1) is 0 Å². The van der Waals surface area contributed by atoms with E-state index in [9.17, 15) is 9.90 Å². The average Bonchev–Trinajstić information content (AvgIpc) is 2.05. The lowest BCUT2D eigenvalue weighted by Gasteiger charge is -2.04. The number of hydrogen-bond donors (Lipinski definition) is 2. The van der Waals surface area contributed by atoms with Crippen LogP contribution in [0.3, 0.4) is 0 Å². The molecule has 1 aromatic carbocycles. The minimum Gasteiger partial charge on any atom is -0.380 e. The number of carbonyl (C=O) groups is 1. The number of hydrogen-bond acceptors (Lipinski definition) is 2. The normalized spacial score (nSPS) is 12.5. The Morgan fingerprint density at radius 3 is 2.36 bits per heavy atom. The van der Waals surface area contributed by atoms with Crippen molar-refractivity contribution in [3.8, 4) is 0 Å². The number of carbonyl (C=O) groups excluding carboxylic acids is 1. The topological polar surface area (TPSA) is 37.3 Å². The minimum atomic E-state index is -1.10. The third-order valence-electron chi connectivity index (χ3n) is 1.35. The highest BCUT2D eigenvalue weighted by Gasteiger charge is 2.11. The fourth-order valence-electron chi connectivity index (χ4n) is 0.778. The molecule has 2 nitrogen and oxygen atoms in total. The Kier molecular flexibility index (Phi) is 2.68. The van der Waals surface area contributed by atoms with Gasteiger partial charge in [-0.2, -0.15) is 0 Å². The first-order valence-corrected chi connectivity index (χ1v) is 3.62. The number of aliphatic hydroxyl groups excluding tert-OH is 1. The summed E-state index contributed by atoms with van der Waals surface area (Å²) in [5.41, 5.74) is 0.576. The summed E-state index contributed by atoms with van der Waals surface area (Å²) in [6.45, 7) is 0. The predicted octanol–water partition coefficient (Wildman–Crippen LogP) is 1.18. The van der Waals surface area contributed by atoms with Crippen LogP contribution in [0.5, 0.6) is 0 Å². The van der Waals surface area contributed by atoms with Crippen LogP contribution in [0.15, 0.2) is 30.3 Å². The van der Waals surface area contributed by atoms with E-state index >= 15 is 0 Å². The van der Waals surface area contributed by atoms with E-state index in [0.717, 1.165) is 0 Å². The van der Waals surface area contributed by atoms with E-state index in [1.54, 1.807) is 24.3 Å². The summed E-state index contributed by atoms with van der Waals surface area (Å²) in [5, 5.41) is 8.64. The zero-order chi connectivity index (χ0) is 8.27. The number of aliphatic hydroxyl groups is 1.